The van der Waals surface area contributed by atoms with Crippen molar-refractivity contribution in [3.05, 3.63) is 18.2 Å². The molecule has 5 nitrogen and oxygen atoms in total. The third kappa shape index (κ3) is 2.95. The number of carbonyl (C=O) groups excluding carboxylic acids is 1. The summed E-state index contributed by atoms with van der Waals surface area (Å²) in [4.78, 5) is 18.9. The van der Waals surface area contributed by atoms with E-state index in [1.807, 2.05) is 0 Å². The van der Waals surface area contributed by atoms with E-state index in [-0.39, 0.29) is 11.7 Å². The Morgan fingerprint density at radius 2 is 2.61 bits per heavy atom. The summed E-state index contributed by atoms with van der Waals surface area (Å²) >= 11 is 1.10. The van der Waals surface area contributed by atoms with Gasteiger partial charge in [0.15, 0.2) is 0 Å². The number of aromatic amines is 1. The number of aromatic nitrogens is 2. The first-order valence-corrected chi connectivity index (χ1v) is 6.08. The second kappa shape index (κ2) is 5.77. The van der Waals surface area contributed by atoms with Crippen LogP contribution in [0.25, 0.3) is 11.0 Å². The van der Waals surface area contributed by atoms with Crippen molar-refractivity contribution in [3.8, 4) is 0 Å². The van der Waals surface area contributed by atoms with Crippen molar-refractivity contribution >= 4 is 34.8 Å². The van der Waals surface area contributed by atoms with Gasteiger partial charge in [0, 0.05) is 11.7 Å². The number of ether oxygens (including phenoxy) is 1. The van der Waals surface area contributed by atoms with Gasteiger partial charge in [-0.3, -0.25) is 5.32 Å². The first-order chi connectivity index (χ1) is 10.6. The van der Waals surface area contributed by atoms with E-state index in [1.54, 1.807) is 18.2 Å². The molecule has 0 saturated heterocycles. The van der Waals surface area contributed by atoms with Crippen LogP contribution in [0.3, 0.4) is 0 Å². The predicted molar refractivity (Wildman–Crippen MR) is 73.1 cm³/mol. The smallest absolute Gasteiger partial charge is 0.413 e. The van der Waals surface area contributed by atoms with Crippen molar-refractivity contribution in [1.29, 1.82) is 0 Å². The van der Waals surface area contributed by atoms with E-state index in [0.717, 1.165) is 11.8 Å². The molecule has 2 N–H and O–H groups in total. The van der Waals surface area contributed by atoms with Crippen LogP contribution >= 0.6 is 11.8 Å². The van der Waals surface area contributed by atoms with E-state index in [4.69, 9.17) is 6.85 Å². The van der Waals surface area contributed by atoms with Crippen molar-refractivity contribution in [3.63, 3.8) is 0 Å². The molecule has 0 fully saturated rings. The van der Waals surface area contributed by atoms with Crippen LogP contribution in [0.5, 0.6) is 0 Å². The van der Waals surface area contributed by atoms with Gasteiger partial charge in [0.25, 0.3) is 0 Å². The molecule has 1 amide bonds. The zero-order valence-corrected chi connectivity index (χ0v) is 10.4. The van der Waals surface area contributed by atoms with Gasteiger partial charge in [0.2, 0.25) is 5.95 Å². The largest absolute Gasteiger partial charge is 0.453 e. The second-order valence-electron chi connectivity index (χ2n) is 3.35. The van der Waals surface area contributed by atoms with Gasteiger partial charge in [-0.05, 0) is 30.3 Å². The van der Waals surface area contributed by atoms with Gasteiger partial charge in [0.05, 0.1) is 18.1 Å². The number of anilines is 1. The lowest BCUT2D eigenvalue weighted by atomic mass is 10.3. The quantitative estimate of drug-likeness (QED) is 0.837. The lowest BCUT2D eigenvalue weighted by molar-refractivity contribution is 0.186. The molecule has 0 radical (unpaired) electrons. The number of methoxy groups -OCH3 is 1. The second-order valence-corrected chi connectivity index (χ2v) is 4.40. The molecule has 0 saturated carbocycles. The molecule has 2 aromatic rings. The van der Waals surface area contributed by atoms with Crippen LogP contribution in [0, 0.1) is 0 Å². The molecule has 2 rings (SSSR count). The fourth-order valence-electron chi connectivity index (χ4n) is 1.40. The number of fused-ring (bicyclic) bond motifs is 1. The highest BCUT2D eigenvalue weighted by Crippen LogP contribution is 2.23. The Bertz CT molecular complexity index is 716. The molecule has 0 spiro atoms. The topological polar surface area (TPSA) is 67.0 Å². The lowest BCUT2D eigenvalue weighted by Gasteiger charge is -1.98. The first kappa shape index (κ1) is 7.68. The van der Waals surface area contributed by atoms with Crippen LogP contribution in [-0.2, 0) is 4.74 Å². The van der Waals surface area contributed by atoms with Gasteiger partial charge < -0.3 is 9.72 Å². The average molecular weight is 270 g/mol. The van der Waals surface area contributed by atoms with Crippen LogP contribution in [0.2, 0.25) is 0 Å². The third-order valence-electron chi connectivity index (χ3n) is 2.17. The lowest BCUT2D eigenvalue weighted by Crippen LogP contribution is -2.11. The number of amides is 1. The van der Waals surface area contributed by atoms with Crippen molar-refractivity contribution in [2.75, 3.05) is 18.2 Å². The van der Waals surface area contributed by atoms with Gasteiger partial charge in [0.1, 0.15) is 0 Å². The molecule has 0 unspecified atom stereocenters. The number of H-pyrrole nitrogens is 1. The summed E-state index contributed by atoms with van der Waals surface area (Å²) in [5, 5.41) is 2.41. The fourth-order valence-corrected chi connectivity index (χ4v) is 2.01. The summed E-state index contributed by atoms with van der Waals surface area (Å²) in [5.74, 6) is 0.0305. The maximum Gasteiger partial charge on any atom is 0.413 e. The number of rotatable bonds is 4. The number of hydrogen-bond donors (Lipinski definition) is 2. The molecule has 1 aromatic heterocycles. The van der Waals surface area contributed by atoms with E-state index in [9.17, 15) is 4.79 Å². The van der Waals surface area contributed by atoms with E-state index in [1.165, 1.54) is 7.11 Å². The highest BCUT2D eigenvalue weighted by Gasteiger charge is 2.07. The van der Waals surface area contributed by atoms with Crippen LogP contribution in [0.15, 0.2) is 23.1 Å². The zero-order valence-electron chi connectivity index (χ0n) is 14.6. The van der Waals surface area contributed by atoms with Crippen molar-refractivity contribution < 1.29 is 16.4 Å². The summed E-state index contributed by atoms with van der Waals surface area (Å²) < 4.78 is 41.2. The highest BCUT2D eigenvalue weighted by atomic mass is 32.2. The number of nitrogens with zero attached hydrogens (tertiary/aromatic N) is 1. The Kier molecular flexibility index (Phi) is 2.46. The van der Waals surface area contributed by atoms with E-state index >= 15 is 0 Å². The Morgan fingerprint density at radius 1 is 1.72 bits per heavy atom. The Balaban J connectivity index is 2.13. The van der Waals surface area contributed by atoms with Gasteiger partial charge in [-0.1, -0.05) is 6.85 Å². The van der Waals surface area contributed by atoms with Gasteiger partial charge >= 0.3 is 6.09 Å². The van der Waals surface area contributed by atoms with Gasteiger partial charge in [-0.2, -0.15) is 0 Å². The molecular formula is C12H15N3O2S. The van der Waals surface area contributed by atoms with E-state index in [0.29, 0.717) is 15.9 Å². The molecule has 18 heavy (non-hydrogen) atoms. The molecule has 0 bridgehead atoms. The third-order valence-corrected chi connectivity index (χ3v) is 3.05. The summed E-state index contributed by atoms with van der Waals surface area (Å²) in [6.07, 6.45) is -2.93. The van der Waals surface area contributed by atoms with Crippen LogP contribution in [0.4, 0.5) is 10.7 Å². The van der Waals surface area contributed by atoms with Gasteiger partial charge in [-0.25, -0.2) is 9.78 Å². The minimum absolute atomic E-state index is 0.198. The minimum atomic E-state index is -2.67. The summed E-state index contributed by atoms with van der Waals surface area (Å²) in [6, 6.07) is 5.12. The maximum atomic E-state index is 11.1. The standard InChI is InChI=1S/C12H15N3O2S/c1-3-6-18-8-4-5-9-10(7-8)14-11(13-9)15-12(16)17-2/h4-5,7H,3,6H2,1-2H3,(H2,13,14,15,16)/i1D3,3D2. The fraction of sp³-hybridized carbons (Fsp3) is 0.333. The number of thioether (sulfide) groups is 1. The Hall–Kier alpha value is -1.69. The molecule has 0 atom stereocenters. The monoisotopic (exact) mass is 270 g/mol. The van der Waals surface area contributed by atoms with E-state index < -0.39 is 19.3 Å². The van der Waals surface area contributed by atoms with Crippen LogP contribution < -0.4 is 5.32 Å². The highest BCUT2D eigenvalue weighted by molar-refractivity contribution is 7.99. The molecule has 1 aromatic carbocycles. The molecule has 96 valence electrons. The normalized spacial score (nSPS) is 16.2. The van der Waals surface area contributed by atoms with Crippen molar-refractivity contribution in [2.45, 2.75) is 18.1 Å². The van der Waals surface area contributed by atoms with Gasteiger partial charge in [-0.15, -0.1) is 11.8 Å². The number of imidazole rings is 1. The SMILES string of the molecule is [2H]C([2H])([2H])C([2H])([2H])CSc1ccc2nc(NC(=O)OC)[nH]c2c1. The molecule has 0 aliphatic carbocycles. The average Bonchev–Trinajstić information content (AvgIpc) is 2.85. The summed E-state index contributed by atoms with van der Waals surface area (Å²) in [6.45, 7) is -2.67. The molecule has 6 heteroatoms. The Morgan fingerprint density at radius 3 is 3.39 bits per heavy atom. The van der Waals surface area contributed by atoms with Crippen LogP contribution in [0.1, 0.15) is 20.1 Å². The predicted octanol–water partition coefficient (Wildman–Crippen LogP) is 3.24. The molecule has 0 aliphatic heterocycles. The molecule has 0 aliphatic rings. The number of carbonyl (C=O) groups is 1. The van der Waals surface area contributed by atoms with E-state index in [2.05, 4.69) is 20.0 Å². The first-order valence-electron chi connectivity index (χ1n) is 7.60. The summed E-state index contributed by atoms with van der Waals surface area (Å²) in [7, 11) is 1.24. The number of hydrogen-bond acceptors (Lipinski definition) is 4. The zero-order chi connectivity index (χ0) is 17.3. The maximum absolute atomic E-state index is 11.1. The van der Waals surface area contributed by atoms with Crippen LogP contribution in [-0.4, -0.2) is 28.9 Å². The van der Waals surface area contributed by atoms with Crippen molar-refractivity contribution in [1.82, 2.24) is 9.97 Å². The number of nitrogens with one attached hydrogen (secondary N) is 2. The number of benzene rings is 1. The molecular weight excluding hydrogens is 250 g/mol. The molecule has 1 heterocycles. The minimum Gasteiger partial charge on any atom is -0.453 e. The Labute approximate surface area is 116 Å². The summed E-state index contributed by atoms with van der Waals surface area (Å²) in [5.41, 5.74) is 1.25. The van der Waals surface area contributed by atoms with Crippen molar-refractivity contribution in [2.24, 2.45) is 0 Å².